The van der Waals surface area contributed by atoms with Crippen LogP contribution >= 0.6 is 0 Å². The van der Waals surface area contributed by atoms with Crippen molar-refractivity contribution in [3.63, 3.8) is 0 Å². The first-order valence-electron chi connectivity index (χ1n) is 10.4. The Labute approximate surface area is 150 Å². The monoisotopic (exact) mass is 336 g/mol. The third-order valence-electron chi connectivity index (χ3n) is 6.01. The van der Waals surface area contributed by atoms with Crippen LogP contribution in [0, 0.1) is 11.8 Å². The average molecular weight is 337 g/mol. The minimum atomic E-state index is -0.652. The molecule has 0 amide bonds. The Hall–Kier alpha value is -0.790. The van der Waals surface area contributed by atoms with Gasteiger partial charge in [0.2, 0.25) is 0 Å². The van der Waals surface area contributed by atoms with Gasteiger partial charge in [-0.3, -0.25) is 4.79 Å². The summed E-state index contributed by atoms with van der Waals surface area (Å²) in [6, 6.07) is 0. The first kappa shape index (κ1) is 21.3. The Morgan fingerprint density at radius 2 is 1.58 bits per heavy atom. The fourth-order valence-corrected chi connectivity index (χ4v) is 4.32. The van der Waals surface area contributed by atoms with Crippen molar-refractivity contribution in [2.24, 2.45) is 11.8 Å². The molecule has 1 fully saturated rings. The van der Waals surface area contributed by atoms with Crippen LogP contribution in [0.2, 0.25) is 0 Å². The number of carbonyl (C=O) groups is 1. The van der Waals surface area contributed by atoms with Gasteiger partial charge in [-0.15, -0.1) is 0 Å². The molecule has 24 heavy (non-hydrogen) atoms. The van der Waals surface area contributed by atoms with Gasteiger partial charge in [0.05, 0.1) is 0 Å². The number of unbranched alkanes of at least 4 members (excludes halogenated alkanes) is 6. The van der Waals surface area contributed by atoms with Crippen molar-refractivity contribution in [3.8, 4) is 0 Å². The Balaban J connectivity index is 2.31. The lowest BCUT2D eigenvalue weighted by molar-refractivity contribution is -0.137. The molecule has 140 valence electrons. The van der Waals surface area contributed by atoms with Crippen LogP contribution in [0.4, 0.5) is 0 Å². The number of aliphatic carboxylic acids is 1. The Morgan fingerprint density at radius 3 is 2.29 bits per heavy atom. The average Bonchev–Trinajstić information content (AvgIpc) is 3.02. The zero-order valence-electron chi connectivity index (χ0n) is 16.4. The summed E-state index contributed by atoms with van der Waals surface area (Å²) in [5, 5.41) is 8.68. The van der Waals surface area contributed by atoms with Crippen LogP contribution in [0.25, 0.3) is 0 Å². The maximum absolute atomic E-state index is 10.5. The van der Waals surface area contributed by atoms with Gasteiger partial charge in [-0.25, -0.2) is 0 Å². The van der Waals surface area contributed by atoms with E-state index in [0.717, 1.165) is 24.7 Å². The van der Waals surface area contributed by atoms with Crippen LogP contribution < -0.4 is 0 Å². The minimum absolute atomic E-state index is 0.338. The van der Waals surface area contributed by atoms with E-state index in [1.54, 1.807) is 11.1 Å². The van der Waals surface area contributed by atoms with Gasteiger partial charge in [0.25, 0.3) is 0 Å². The second-order valence-electron chi connectivity index (χ2n) is 7.92. The van der Waals surface area contributed by atoms with Crippen LogP contribution in [-0.2, 0) is 4.79 Å². The van der Waals surface area contributed by atoms with Crippen LogP contribution in [-0.4, -0.2) is 11.1 Å². The fraction of sp³-hybridized carbons (Fsp3) is 0.864. The molecule has 0 bridgehead atoms. The van der Waals surface area contributed by atoms with Gasteiger partial charge in [0, 0.05) is 6.42 Å². The van der Waals surface area contributed by atoms with E-state index in [0.29, 0.717) is 6.42 Å². The van der Waals surface area contributed by atoms with Gasteiger partial charge < -0.3 is 5.11 Å². The molecule has 2 heteroatoms. The largest absolute Gasteiger partial charge is 0.481 e. The molecule has 2 atom stereocenters. The summed E-state index contributed by atoms with van der Waals surface area (Å²) >= 11 is 0. The SMILES string of the molecule is CCCCCCC(C)=C(C)[C@H]1CCC[C@@H]1CCCCCCC(=O)O. The lowest BCUT2D eigenvalue weighted by Gasteiger charge is -2.23. The van der Waals surface area contributed by atoms with Gasteiger partial charge in [0.1, 0.15) is 0 Å². The summed E-state index contributed by atoms with van der Waals surface area (Å²) < 4.78 is 0. The van der Waals surface area contributed by atoms with Crippen LogP contribution in [0.1, 0.15) is 111 Å². The number of carboxylic acid groups (broad SMARTS) is 1. The Bertz CT molecular complexity index is 383. The van der Waals surface area contributed by atoms with Crippen LogP contribution in [0.15, 0.2) is 11.1 Å². The second kappa shape index (κ2) is 12.6. The summed E-state index contributed by atoms with van der Waals surface area (Å²) in [7, 11) is 0. The van der Waals surface area contributed by atoms with E-state index in [-0.39, 0.29) is 0 Å². The molecule has 0 aromatic carbocycles. The summed E-state index contributed by atoms with van der Waals surface area (Å²) in [5.41, 5.74) is 3.35. The molecule has 1 aliphatic carbocycles. The molecule has 1 saturated carbocycles. The normalized spacial score (nSPS) is 21.8. The van der Waals surface area contributed by atoms with Crippen molar-refractivity contribution in [3.05, 3.63) is 11.1 Å². The second-order valence-corrected chi connectivity index (χ2v) is 7.92. The lowest BCUT2D eigenvalue weighted by Crippen LogP contribution is -2.11. The van der Waals surface area contributed by atoms with Crippen molar-refractivity contribution in [2.75, 3.05) is 0 Å². The number of carboxylic acids is 1. The molecule has 0 radical (unpaired) electrons. The molecule has 0 aromatic heterocycles. The number of allylic oxidation sites excluding steroid dienone is 2. The first-order chi connectivity index (χ1) is 11.6. The van der Waals surface area contributed by atoms with Crippen molar-refractivity contribution in [1.82, 2.24) is 0 Å². The lowest BCUT2D eigenvalue weighted by atomic mass is 9.83. The molecule has 0 unspecified atom stereocenters. The standard InChI is InChI=1S/C22H40O2/c1-4-5-6-9-13-18(2)19(3)21-16-12-15-20(21)14-10-7-8-11-17-22(23)24/h20-21H,4-17H2,1-3H3,(H,23,24)/t20-,21+/m0/s1. The Kier molecular flexibility index (Phi) is 11.1. The molecule has 1 N–H and O–H groups in total. The minimum Gasteiger partial charge on any atom is -0.481 e. The highest BCUT2D eigenvalue weighted by molar-refractivity contribution is 5.66. The molecular weight excluding hydrogens is 296 g/mol. The molecule has 2 nitrogen and oxygen atoms in total. The number of rotatable bonds is 13. The third kappa shape index (κ3) is 8.35. The number of hydrogen-bond acceptors (Lipinski definition) is 1. The molecule has 1 aliphatic rings. The van der Waals surface area contributed by atoms with E-state index >= 15 is 0 Å². The predicted molar refractivity (Wildman–Crippen MR) is 103 cm³/mol. The van der Waals surface area contributed by atoms with E-state index in [1.807, 2.05) is 0 Å². The highest BCUT2D eigenvalue weighted by Crippen LogP contribution is 2.41. The molecule has 0 aromatic rings. The van der Waals surface area contributed by atoms with E-state index in [2.05, 4.69) is 20.8 Å². The van der Waals surface area contributed by atoms with Gasteiger partial charge in [-0.05, 0) is 64.2 Å². The van der Waals surface area contributed by atoms with Crippen LogP contribution in [0.5, 0.6) is 0 Å². The van der Waals surface area contributed by atoms with Gasteiger partial charge >= 0.3 is 5.97 Å². The van der Waals surface area contributed by atoms with Gasteiger partial charge in [-0.2, -0.15) is 0 Å². The molecule has 0 saturated heterocycles. The van der Waals surface area contributed by atoms with E-state index in [1.165, 1.54) is 70.6 Å². The first-order valence-corrected chi connectivity index (χ1v) is 10.4. The summed E-state index contributed by atoms with van der Waals surface area (Å²) in [6.07, 6.45) is 17.0. The smallest absolute Gasteiger partial charge is 0.303 e. The van der Waals surface area contributed by atoms with Crippen LogP contribution in [0.3, 0.4) is 0 Å². The molecule has 0 spiro atoms. The number of hydrogen-bond donors (Lipinski definition) is 1. The maximum Gasteiger partial charge on any atom is 0.303 e. The fourth-order valence-electron chi connectivity index (χ4n) is 4.32. The van der Waals surface area contributed by atoms with Crippen molar-refractivity contribution < 1.29 is 9.90 Å². The van der Waals surface area contributed by atoms with Crippen molar-refractivity contribution >= 4 is 5.97 Å². The third-order valence-corrected chi connectivity index (χ3v) is 6.01. The van der Waals surface area contributed by atoms with Crippen molar-refractivity contribution in [1.29, 1.82) is 0 Å². The van der Waals surface area contributed by atoms with E-state index in [4.69, 9.17) is 5.11 Å². The van der Waals surface area contributed by atoms with E-state index < -0.39 is 5.97 Å². The zero-order valence-corrected chi connectivity index (χ0v) is 16.4. The topological polar surface area (TPSA) is 37.3 Å². The quantitative estimate of drug-likeness (QED) is 0.287. The van der Waals surface area contributed by atoms with Gasteiger partial charge in [-0.1, -0.05) is 63.0 Å². The molecule has 0 aliphatic heterocycles. The zero-order chi connectivity index (χ0) is 17.8. The van der Waals surface area contributed by atoms with E-state index in [9.17, 15) is 4.79 Å². The summed E-state index contributed by atoms with van der Waals surface area (Å²) in [5.74, 6) is 1.06. The molecule has 0 heterocycles. The Morgan fingerprint density at radius 1 is 0.917 bits per heavy atom. The predicted octanol–water partition coefficient (Wildman–Crippen LogP) is 7.13. The maximum atomic E-state index is 10.5. The summed E-state index contributed by atoms with van der Waals surface area (Å²) in [4.78, 5) is 10.5. The molecule has 1 rings (SSSR count). The highest BCUT2D eigenvalue weighted by atomic mass is 16.4. The molecular formula is C22H40O2. The highest BCUT2D eigenvalue weighted by Gasteiger charge is 2.28. The van der Waals surface area contributed by atoms with Crippen molar-refractivity contribution in [2.45, 2.75) is 111 Å². The summed E-state index contributed by atoms with van der Waals surface area (Å²) in [6.45, 7) is 7.03. The van der Waals surface area contributed by atoms with Gasteiger partial charge in [0.15, 0.2) is 0 Å².